The lowest BCUT2D eigenvalue weighted by atomic mass is 9.63. The third-order valence-electron chi connectivity index (χ3n) is 3.88. The van der Waals surface area contributed by atoms with Crippen LogP contribution in [0, 0.1) is 17.3 Å². The summed E-state index contributed by atoms with van der Waals surface area (Å²) in [6, 6.07) is 0. The lowest BCUT2D eigenvalue weighted by molar-refractivity contribution is 0.0796. The zero-order valence-electron chi connectivity index (χ0n) is 9.94. The Labute approximate surface area is 92.4 Å². The van der Waals surface area contributed by atoms with E-state index in [1.807, 2.05) is 0 Å². The van der Waals surface area contributed by atoms with Crippen LogP contribution < -0.4 is 0 Å². The van der Waals surface area contributed by atoms with Crippen LogP contribution in [-0.4, -0.2) is 15.9 Å². The Bertz CT molecular complexity index is 257. The van der Waals surface area contributed by atoms with E-state index in [2.05, 4.69) is 20.8 Å². The summed E-state index contributed by atoms with van der Waals surface area (Å²) in [6.07, 6.45) is 4.37. The van der Waals surface area contributed by atoms with E-state index in [1.54, 1.807) is 0 Å². The molecule has 15 heavy (non-hydrogen) atoms. The van der Waals surface area contributed by atoms with Crippen LogP contribution >= 0.6 is 7.60 Å². The summed E-state index contributed by atoms with van der Waals surface area (Å²) in [6.45, 7) is 6.59. The molecule has 1 aliphatic carbocycles. The number of hydrogen-bond donors (Lipinski definition) is 2. The Balaban J connectivity index is 2.74. The van der Waals surface area contributed by atoms with E-state index >= 15 is 0 Å². The minimum absolute atomic E-state index is 0.0783. The highest BCUT2D eigenvalue weighted by atomic mass is 31.2. The summed E-state index contributed by atoms with van der Waals surface area (Å²) in [5.74, 6) is 0.665. The van der Waals surface area contributed by atoms with Gasteiger partial charge < -0.3 is 9.79 Å². The molecule has 0 amide bonds. The molecule has 1 saturated carbocycles. The summed E-state index contributed by atoms with van der Waals surface area (Å²) in [5.41, 5.74) is 0.243. The first-order chi connectivity index (χ1) is 6.76. The molecule has 4 heteroatoms. The van der Waals surface area contributed by atoms with Gasteiger partial charge in [-0.15, -0.1) is 0 Å². The third-order valence-corrected chi connectivity index (χ3v) is 4.83. The maximum atomic E-state index is 11.1. The molecule has 1 rings (SSSR count). The lowest BCUT2D eigenvalue weighted by Gasteiger charge is -2.44. The van der Waals surface area contributed by atoms with Crippen molar-refractivity contribution in [2.24, 2.45) is 17.3 Å². The summed E-state index contributed by atoms with van der Waals surface area (Å²) in [4.78, 5) is 18.1. The van der Waals surface area contributed by atoms with Gasteiger partial charge in [-0.25, -0.2) is 0 Å². The van der Waals surface area contributed by atoms with Gasteiger partial charge in [-0.05, 0) is 30.1 Å². The number of rotatable bonds is 3. The lowest BCUT2D eigenvalue weighted by Crippen LogP contribution is -2.36. The van der Waals surface area contributed by atoms with Crippen molar-refractivity contribution >= 4 is 7.60 Å². The Kier molecular flexibility index (Phi) is 4.02. The van der Waals surface area contributed by atoms with Crippen LogP contribution in [0.1, 0.15) is 46.5 Å². The SMILES string of the molecule is CCC1C(CP(=O)(O)O)CCCC1(C)C. The van der Waals surface area contributed by atoms with Gasteiger partial charge in [0, 0.05) is 0 Å². The first-order valence-electron chi connectivity index (χ1n) is 5.81. The second-order valence-electron chi connectivity index (χ2n) is 5.50. The van der Waals surface area contributed by atoms with Gasteiger partial charge in [0.2, 0.25) is 0 Å². The average Bonchev–Trinajstić information content (AvgIpc) is 1.99. The molecule has 0 radical (unpaired) electrons. The van der Waals surface area contributed by atoms with E-state index in [4.69, 9.17) is 9.79 Å². The molecule has 0 aromatic heterocycles. The monoisotopic (exact) mass is 234 g/mol. The molecule has 0 aliphatic heterocycles. The van der Waals surface area contributed by atoms with E-state index < -0.39 is 7.60 Å². The molecule has 0 spiro atoms. The molecule has 1 fully saturated rings. The van der Waals surface area contributed by atoms with Crippen LogP contribution in [0.2, 0.25) is 0 Å². The normalized spacial score (nSPS) is 31.5. The Hall–Kier alpha value is 0.150. The minimum Gasteiger partial charge on any atom is -0.324 e. The molecule has 0 saturated heterocycles. The molecule has 1 aliphatic rings. The predicted molar refractivity (Wildman–Crippen MR) is 61.8 cm³/mol. The Morgan fingerprint density at radius 3 is 2.47 bits per heavy atom. The van der Waals surface area contributed by atoms with Crippen molar-refractivity contribution in [3.63, 3.8) is 0 Å². The van der Waals surface area contributed by atoms with E-state index in [-0.39, 0.29) is 17.5 Å². The summed E-state index contributed by atoms with van der Waals surface area (Å²) in [5, 5.41) is 0. The Morgan fingerprint density at radius 2 is 2.00 bits per heavy atom. The molecule has 3 nitrogen and oxygen atoms in total. The molecule has 2 N–H and O–H groups in total. The van der Waals surface area contributed by atoms with Crippen LogP contribution in [-0.2, 0) is 4.57 Å². The molecule has 90 valence electrons. The van der Waals surface area contributed by atoms with Crippen LogP contribution in [0.5, 0.6) is 0 Å². The molecular weight excluding hydrogens is 211 g/mol. The Morgan fingerprint density at radius 1 is 1.40 bits per heavy atom. The van der Waals surface area contributed by atoms with Gasteiger partial charge in [-0.3, -0.25) is 4.57 Å². The summed E-state index contributed by atoms with van der Waals surface area (Å²) in [7, 11) is -3.84. The maximum absolute atomic E-state index is 11.1. The standard InChI is InChI=1S/C11H23O3P/c1-4-10-9(8-15(12,13)14)6-5-7-11(10,2)3/h9-10H,4-8H2,1-3H3,(H2,12,13,14). The van der Waals surface area contributed by atoms with Gasteiger partial charge >= 0.3 is 7.60 Å². The fourth-order valence-corrected chi connectivity index (χ4v) is 4.30. The highest BCUT2D eigenvalue weighted by molar-refractivity contribution is 7.51. The van der Waals surface area contributed by atoms with E-state index in [0.717, 1.165) is 19.3 Å². The van der Waals surface area contributed by atoms with Gasteiger partial charge in [0.25, 0.3) is 0 Å². The van der Waals surface area contributed by atoms with Crippen molar-refractivity contribution in [1.82, 2.24) is 0 Å². The minimum atomic E-state index is -3.84. The second kappa shape index (κ2) is 4.57. The molecule has 0 heterocycles. The van der Waals surface area contributed by atoms with Crippen LogP contribution in [0.4, 0.5) is 0 Å². The van der Waals surface area contributed by atoms with Crippen LogP contribution in [0.25, 0.3) is 0 Å². The smallest absolute Gasteiger partial charge is 0.324 e. The fraction of sp³-hybridized carbons (Fsp3) is 1.00. The quantitative estimate of drug-likeness (QED) is 0.738. The van der Waals surface area contributed by atoms with Gasteiger partial charge in [0.05, 0.1) is 6.16 Å². The molecule has 0 aromatic rings. The van der Waals surface area contributed by atoms with E-state index in [9.17, 15) is 4.57 Å². The van der Waals surface area contributed by atoms with Crippen LogP contribution in [0.3, 0.4) is 0 Å². The van der Waals surface area contributed by atoms with Gasteiger partial charge in [0.1, 0.15) is 0 Å². The number of hydrogen-bond acceptors (Lipinski definition) is 1. The van der Waals surface area contributed by atoms with Gasteiger partial charge in [-0.1, -0.05) is 33.6 Å². The van der Waals surface area contributed by atoms with Crippen molar-refractivity contribution in [3.8, 4) is 0 Å². The molecule has 2 unspecified atom stereocenters. The van der Waals surface area contributed by atoms with Gasteiger partial charge in [0.15, 0.2) is 0 Å². The van der Waals surface area contributed by atoms with E-state index in [1.165, 1.54) is 6.42 Å². The maximum Gasteiger partial charge on any atom is 0.325 e. The van der Waals surface area contributed by atoms with Crippen molar-refractivity contribution in [1.29, 1.82) is 0 Å². The van der Waals surface area contributed by atoms with Crippen molar-refractivity contribution in [2.45, 2.75) is 46.5 Å². The first kappa shape index (κ1) is 13.2. The molecule has 0 aromatic carbocycles. The summed E-state index contributed by atoms with van der Waals surface area (Å²) >= 11 is 0. The highest BCUT2D eigenvalue weighted by Crippen LogP contribution is 2.50. The van der Waals surface area contributed by atoms with Crippen molar-refractivity contribution < 1.29 is 14.4 Å². The summed E-state index contributed by atoms with van der Waals surface area (Å²) < 4.78 is 11.1. The first-order valence-corrected chi connectivity index (χ1v) is 7.60. The third kappa shape index (κ3) is 3.58. The largest absolute Gasteiger partial charge is 0.325 e. The molecular formula is C11H23O3P. The highest BCUT2D eigenvalue weighted by Gasteiger charge is 2.39. The average molecular weight is 234 g/mol. The molecule has 0 bridgehead atoms. The second-order valence-corrected chi connectivity index (χ2v) is 7.20. The van der Waals surface area contributed by atoms with Gasteiger partial charge in [-0.2, -0.15) is 0 Å². The zero-order chi connectivity index (χ0) is 11.7. The molecule has 2 atom stereocenters. The van der Waals surface area contributed by atoms with Crippen molar-refractivity contribution in [3.05, 3.63) is 0 Å². The fourth-order valence-electron chi connectivity index (χ4n) is 3.25. The zero-order valence-corrected chi connectivity index (χ0v) is 10.8. The topological polar surface area (TPSA) is 57.5 Å². The van der Waals surface area contributed by atoms with Crippen molar-refractivity contribution in [2.75, 3.05) is 6.16 Å². The van der Waals surface area contributed by atoms with Crippen LogP contribution in [0.15, 0.2) is 0 Å². The van der Waals surface area contributed by atoms with E-state index in [0.29, 0.717) is 5.92 Å². The predicted octanol–water partition coefficient (Wildman–Crippen LogP) is 3.02.